The van der Waals surface area contributed by atoms with E-state index in [4.69, 9.17) is 10.5 Å². The van der Waals surface area contributed by atoms with Gasteiger partial charge in [0.05, 0.1) is 12.2 Å². The molecule has 0 spiro atoms. The van der Waals surface area contributed by atoms with E-state index < -0.39 is 6.10 Å². The predicted octanol–water partition coefficient (Wildman–Crippen LogP) is 3.11. The van der Waals surface area contributed by atoms with Gasteiger partial charge in [-0.15, -0.1) is 0 Å². The summed E-state index contributed by atoms with van der Waals surface area (Å²) in [6.45, 7) is 2.26. The molecule has 1 unspecified atom stereocenters. The Morgan fingerprint density at radius 2 is 1.95 bits per heavy atom. The highest BCUT2D eigenvalue weighted by atomic mass is 19.1. The highest BCUT2D eigenvalue weighted by molar-refractivity contribution is 6.00. The van der Waals surface area contributed by atoms with E-state index in [2.05, 4.69) is 0 Å². The first-order valence-corrected chi connectivity index (χ1v) is 7.20. The summed E-state index contributed by atoms with van der Waals surface area (Å²) in [4.78, 5) is 14.2. The van der Waals surface area contributed by atoms with Crippen molar-refractivity contribution in [2.75, 3.05) is 10.6 Å². The number of ether oxygens (including phenoxy) is 1. The molecule has 4 nitrogen and oxygen atoms in total. The number of carbonyl (C=O) groups excluding carboxylic acids is 1. The first-order valence-electron chi connectivity index (χ1n) is 7.20. The standard InChI is InChI=1S/C17H17FN2O2/c1-2-15-17(21)20(10-11-3-5-12(18)6-4-11)14-9-13(19)7-8-16(14)22-15/h3-9,15H,2,10,19H2,1H3. The Hall–Kier alpha value is -2.56. The molecule has 3 rings (SSSR count). The van der Waals surface area contributed by atoms with Gasteiger partial charge in [-0.3, -0.25) is 4.79 Å². The van der Waals surface area contributed by atoms with Crippen molar-refractivity contribution in [1.82, 2.24) is 0 Å². The van der Waals surface area contributed by atoms with Crippen molar-refractivity contribution in [2.45, 2.75) is 26.0 Å². The Labute approximate surface area is 128 Å². The molecule has 22 heavy (non-hydrogen) atoms. The molecule has 2 N–H and O–H groups in total. The van der Waals surface area contributed by atoms with Gasteiger partial charge in [-0.2, -0.15) is 0 Å². The minimum atomic E-state index is -0.503. The molecule has 1 heterocycles. The molecule has 0 aliphatic carbocycles. The number of rotatable bonds is 3. The number of nitrogens with zero attached hydrogens (tertiary/aromatic N) is 1. The van der Waals surface area contributed by atoms with Gasteiger partial charge < -0.3 is 15.4 Å². The van der Waals surface area contributed by atoms with Gasteiger partial charge >= 0.3 is 0 Å². The van der Waals surface area contributed by atoms with Gasteiger partial charge in [-0.1, -0.05) is 19.1 Å². The quantitative estimate of drug-likeness (QED) is 0.886. The summed E-state index contributed by atoms with van der Waals surface area (Å²) in [7, 11) is 0. The molecule has 0 saturated carbocycles. The van der Waals surface area contributed by atoms with E-state index in [-0.39, 0.29) is 11.7 Å². The lowest BCUT2D eigenvalue weighted by Crippen LogP contribution is -2.45. The molecular weight excluding hydrogens is 283 g/mol. The highest BCUT2D eigenvalue weighted by Gasteiger charge is 2.33. The predicted molar refractivity (Wildman–Crippen MR) is 83.2 cm³/mol. The first-order chi connectivity index (χ1) is 10.6. The third-order valence-electron chi connectivity index (χ3n) is 3.71. The van der Waals surface area contributed by atoms with Crippen molar-refractivity contribution in [2.24, 2.45) is 0 Å². The average molecular weight is 300 g/mol. The first kappa shape index (κ1) is 14.4. The van der Waals surface area contributed by atoms with Gasteiger partial charge in [0.2, 0.25) is 0 Å². The number of fused-ring (bicyclic) bond motifs is 1. The van der Waals surface area contributed by atoms with Gasteiger partial charge in [0.25, 0.3) is 5.91 Å². The SMILES string of the molecule is CCC1Oc2ccc(N)cc2N(Cc2ccc(F)cc2)C1=O. The summed E-state index contributed by atoms with van der Waals surface area (Å²) < 4.78 is 18.8. The van der Waals surface area contributed by atoms with Crippen LogP contribution in [0.4, 0.5) is 15.8 Å². The molecule has 0 fully saturated rings. The zero-order chi connectivity index (χ0) is 15.7. The molecule has 5 heteroatoms. The van der Waals surface area contributed by atoms with Crippen LogP contribution in [0.1, 0.15) is 18.9 Å². The van der Waals surface area contributed by atoms with Gasteiger partial charge in [-0.25, -0.2) is 4.39 Å². The van der Waals surface area contributed by atoms with Gasteiger partial charge in [0.1, 0.15) is 11.6 Å². The zero-order valence-electron chi connectivity index (χ0n) is 12.3. The Bertz CT molecular complexity index is 700. The molecule has 0 bridgehead atoms. The number of anilines is 2. The monoisotopic (exact) mass is 300 g/mol. The molecule has 2 aromatic rings. The van der Waals surface area contributed by atoms with Crippen LogP contribution in [-0.4, -0.2) is 12.0 Å². The van der Waals surface area contributed by atoms with Crippen LogP contribution in [-0.2, 0) is 11.3 Å². The summed E-state index contributed by atoms with van der Waals surface area (Å²) in [6, 6.07) is 11.4. The van der Waals surface area contributed by atoms with Crippen LogP contribution >= 0.6 is 0 Å². The number of benzene rings is 2. The minimum absolute atomic E-state index is 0.107. The van der Waals surface area contributed by atoms with E-state index in [1.165, 1.54) is 12.1 Å². The van der Waals surface area contributed by atoms with E-state index in [1.54, 1.807) is 35.2 Å². The maximum absolute atomic E-state index is 13.0. The minimum Gasteiger partial charge on any atom is -0.478 e. The summed E-state index contributed by atoms with van der Waals surface area (Å²) in [6.07, 6.45) is 0.0827. The molecule has 0 aromatic heterocycles. The van der Waals surface area contributed by atoms with Crippen LogP contribution in [0.5, 0.6) is 5.75 Å². The molecule has 0 saturated heterocycles. The smallest absolute Gasteiger partial charge is 0.268 e. The largest absolute Gasteiger partial charge is 0.478 e. The molecular formula is C17H17FN2O2. The summed E-state index contributed by atoms with van der Waals surface area (Å²) >= 11 is 0. The van der Waals surface area contributed by atoms with Gasteiger partial charge in [0, 0.05) is 5.69 Å². The van der Waals surface area contributed by atoms with Crippen molar-refractivity contribution in [3.05, 3.63) is 53.8 Å². The lowest BCUT2D eigenvalue weighted by atomic mass is 10.1. The van der Waals surface area contributed by atoms with Crippen molar-refractivity contribution >= 4 is 17.3 Å². The maximum Gasteiger partial charge on any atom is 0.268 e. The Morgan fingerprint density at radius 3 is 2.64 bits per heavy atom. The second kappa shape index (κ2) is 5.67. The number of nitrogens with two attached hydrogens (primary N) is 1. The fourth-order valence-corrected chi connectivity index (χ4v) is 2.53. The molecule has 1 aliphatic heterocycles. The van der Waals surface area contributed by atoms with E-state index in [0.717, 1.165) is 5.56 Å². The third-order valence-corrected chi connectivity index (χ3v) is 3.71. The Kier molecular flexibility index (Phi) is 3.71. The summed E-state index contributed by atoms with van der Waals surface area (Å²) in [5, 5.41) is 0. The van der Waals surface area contributed by atoms with Crippen LogP contribution in [0.25, 0.3) is 0 Å². The van der Waals surface area contributed by atoms with Crippen LogP contribution < -0.4 is 15.4 Å². The highest BCUT2D eigenvalue weighted by Crippen LogP contribution is 2.37. The molecule has 1 amide bonds. The van der Waals surface area contributed by atoms with Crippen LogP contribution in [0.3, 0.4) is 0 Å². The molecule has 114 valence electrons. The van der Waals surface area contributed by atoms with Crippen molar-refractivity contribution < 1.29 is 13.9 Å². The normalized spacial score (nSPS) is 17.1. The van der Waals surface area contributed by atoms with Crippen LogP contribution in [0.2, 0.25) is 0 Å². The zero-order valence-corrected chi connectivity index (χ0v) is 12.3. The topological polar surface area (TPSA) is 55.6 Å². The molecule has 2 aromatic carbocycles. The van der Waals surface area contributed by atoms with E-state index >= 15 is 0 Å². The van der Waals surface area contributed by atoms with E-state index in [0.29, 0.717) is 30.1 Å². The van der Waals surface area contributed by atoms with E-state index in [1.807, 2.05) is 6.92 Å². The van der Waals surface area contributed by atoms with Gasteiger partial charge in [-0.05, 0) is 42.3 Å². The van der Waals surface area contributed by atoms with Gasteiger partial charge in [0.15, 0.2) is 6.10 Å². The lowest BCUT2D eigenvalue weighted by molar-refractivity contribution is -0.126. The number of nitrogen functional groups attached to an aromatic ring is 1. The summed E-state index contributed by atoms with van der Waals surface area (Å²) in [5.41, 5.74) is 7.89. The second-order valence-electron chi connectivity index (χ2n) is 5.29. The van der Waals surface area contributed by atoms with E-state index in [9.17, 15) is 9.18 Å². The van der Waals surface area contributed by atoms with Crippen molar-refractivity contribution in [3.8, 4) is 5.75 Å². The fourth-order valence-electron chi connectivity index (χ4n) is 2.53. The average Bonchev–Trinajstić information content (AvgIpc) is 2.52. The molecule has 0 radical (unpaired) electrons. The summed E-state index contributed by atoms with van der Waals surface area (Å²) in [5.74, 6) is 0.237. The maximum atomic E-state index is 13.0. The number of hydrogen-bond donors (Lipinski definition) is 1. The van der Waals surface area contributed by atoms with Crippen molar-refractivity contribution in [3.63, 3.8) is 0 Å². The number of halogens is 1. The third kappa shape index (κ3) is 2.62. The lowest BCUT2D eigenvalue weighted by Gasteiger charge is -2.34. The number of hydrogen-bond acceptors (Lipinski definition) is 3. The fraction of sp³-hybridized carbons (Fsp3) is 0.235. The van der Waals surface area contributed by atoms with Crippen LogP contribution in [0.15, 0.2) is 42.5 Å². The molecule has 1 aliphatic rings. The second-order valence-corrected chi connectivity index (χ2v) is 5.29. The van der Waals surface area contributed by atoms with Crippen LogP contribution in [0, 0.1) is 5.82 Å². The number of carbonyl (C=O) groups is 1. The Morgan fingerprint density at radius 1 is 1.23 bits per heavy atom. The van der Waals surface area contributed by atoms with Crippen molar-refractivity contribution in [1.29, 1.82) is 0 Å². The number of amides is 1. The molecule has 1 atom stereocenters. The Balaban J connectivity index is 1.98.